The molecule has 2 heterocycles. The summed E-state index contributed by atoms with van der Waals surface area (Å²) in [6, 6.07) is 6.49. The minimum absolute atomic E-state index is 0.0115. The summed E-state index contributed by atoms with van der Waals surface area (Å²) in [4.78, 5) is 0. The van der Waals surface area contributed by atoms with Crippen LogP contribution < -0.4 is 0 Å². The predicted octanol–water partition coefficient (Wildman–Crippen LogP) is 4.34. The monoisotopic (exact) mass is 294 g/mol. The fourth-order valence-corrected chi connectivity index (χ4v) is 3.77. The fraction of sp³-hybridized carbons (Fsp3) is 0.625. The largest absolute Gasteiger partial charge is 0.467 e. The molecule has 20 heavy (non-hydrogen) atoms. The van der Waals surface area contributed by atoms with Gasteiger partial charge in [0.15, 0.2) is 0 Å². The highest BCUT2D eigenvalue weighted by Crippen LogP contribution is 2.25. The van der Waals surface area contributed by atoms with E-state index in [9.17, 15) is 0 Å². The number of epoxide rings is 1. The van der Waals surface area contributed by atoms with Gasteiger partial charge in [0.2, 0.25) is 0 Å². The van der Waals surface area contributed by atoms with Gasteiger partial charge < -0.3 is 13.9 Å². The van der Waals surface area contributed by atoms with Gasteiger partial charge in [-0.2, -0.15) is 0 Å². The third-order valence-corrected chi connectivity index (χ3v) is 8.50. The van der Waals surface area contributed by atoms with Crippen LogP contribution in [0.15, 0.2) is 34.6 Å². The van der Waals surface area contributed by atoms with Crippen molar-refractivity contribution >= 4 is 8.07 Å². The molecule has 0 saturated carbocycles. The van der Waals surface area contributed by atoms with Crippen LogP contribution in [0.4, 0.5) is 0 Å². The first-order chi connectivity index (χ1) is 9.67. The van der Waals surface area contributed by atoms with Crippen molar-refractivity contribution < 1.29 is 13.9 Å². The summed E-state index contributed by atoms with van der Waals surface area (Å²) in [7, 11) is -1.17. The first-order valence-electron chi connectivity index (χ1n) is 7.61. The van der Waals surface area contributed by atoms with Gasteiger partial charge in [-0.25, -0.2) is 0 Å². The average Bonchev–Trinajstić information content (AvgIpc) is 3.14. The number of hydrogen-bond donors (Lipinski definition) is 0. The first-order valence-corrected chi connectivity index (χ1v) is 10.6. The maximum absolute atomic E-state index is 5.94. The highest BCUT2D eigenvalue weighted by Gasteiger charge is 2.25. The van der Waals surface area contributed by atoms with Gasteiger partial charge in [-0.15, -0.1) is 0 Å². The summed E-state index contributed by atoms with van der Waals surface area (Å²) in [6.07, 6.45) is 5.18. The molecular weight excluding hydrogens is 268 g/mol. The maximum Gasteiger partial charge on any atom is 0.132 e. The van der Waals surface area contributed by atoms with Crippen LogP contribution in [0.5, 0.6) is 0 Å². The Labute approximate surface area is 123 Å². The zero-order valence-corrected chi connectivity index (χ0v) is 13.8. The lowest BCUT2D eigenvalue weighted by Gasteiger charge is -2.20. The van der Waals surface area contributed by atoms with Crippen LogP contribution in [0.1, 0.15) is 32.1 Å². The maximum atomic E-state index is 5.94. The standard InChI is InChI=1S/C16H26O3Si/c1-4-20(3,5-2)11-7-9-16(15-8-6-10-17-15)19-13-14-12-18-14/h6-8,10-11,14,16H,4-5,9,12-13H2,1-3H3. The number of ether oxygens (including phenoxy) is 2. The Hall–Kier alpha value is -0.843. The summed E-state index contributed by atoms with van der Waals surface area (Å²) >= 11 is 0. The highest BCUT2D eigenvalue weighted by atomic mass is 28.3. The minimum Gasteiger partial charge on any atom is -0.467 e. The number of rotatable bonds is 9. The molecule has 112 valence electrons. The third kappa shape index (κ3) is 4.61. The fourth-order valence-electron chi connectivity index (χ4n) is 2.09. The molecule has 3 nitrogen and oxygen atoms in total. The predicted molar refractivity (Wildman–Crippen MR) is 83.5 cm³/mol. The van der Waals surface area contributed by atoms with Gasteiger partial charge in [0, 0.05) is 0 Å². The van der Waals surface area contributed by atoms with Crippen LogP contribution in [-0.2, 0) is 9.47 Å². The smallest absolute Gasteiger partial charge is 0.132 e. The van der Waals surface area contributed by atoms with Crippen LogP contribution in [0, 0.1) is 0 Å². The van der Waals surface area contributed by atoms with Crippen molar-refractivity contribution in [3.63, 3.8) is 0 Å². The van der Waals surface area contributed by atoms with Gasteiger partial charge in [0.25, 0.3) is 0 Å². The molecular formula is C16H26O3Si. The quantitative estimate of drug-likeness (QED) is 0.502. The molecule has 0 amide bonds. The second kappa shape index (κ2) is 7.25. The molecule has 0 radical (unpaired) electrons. The Morgan fingerprint density at radius 1 is 1.45 bits per heavy atom. The molecule has 1 saturated heterocycles. The van der Waals surface area contributed by atoms with E-state index in [0.29, 0.717) is 12.7 Å². The highest BCUT2D eigenvalue weighted by molar-refractivity contribution is 6.83. The van der Waals surface area contributed by atoms with Crippen molar-refractivity contribution in [1.82, 2.24) is 0 Å². The molecule has 1 aliphatic rings. The van der Waals surface area contributed by atoms with Crippen molar-refractivity contribution in [2.24, 2.45) is 0 Å². The topological polar surface area (TPSA) is 34.9 Å². The lowest BCUT2D eigenvalue weighted by Crippen LogP contribution is -2.24. The molecule has 1 fully saturated rings. The molecule has 1 aromatic heterocycles. The average molecular weight is 294 g/mol. The third-order valence-electron chi connectivity index (χ3n) is 4.23. The van der Waals surface area contributed by atoms with E-state index in [0.717, 1.165) is 18.8 Å². The first kappa shape index (κ1) is 15.5. The SMILES string of the molecule is CC[Si](C)(C=CCC(OCC1CO1)c1ccco1)CC. The minimum atomic E-state index is -1.17. The van der Waals surface area contributed by atoms with E-state index >= 15 is 0 Å². The molecule has 1 aliphatic heterocycles. The van der Waals surface area contributed by atoms with E-state index < -0.39 is 8.07 Å². The van der Waals surface area contributed by atoms with Gasteiger partial charge >= 0.3 is 0 Å². The lowest BCUT2D eigenvalue weighted by atomic mass is 10.2. The Balaban J connectivity index is 1.91. The Morgan fingerprint density at radius 2 is 2.20 bits per heavy atom. The van der Waals surface area contributed by atoms with Gasteiger partial charge in [0.05, 0.1) is 27.6 Å². The normalized spacial score (nSPS) is 20.4. The van der Waals surface area contributed by atoms with E-state index in [1.54, 1.807) is 6.26 Å². The van der Waals surface area contributed by atoms with Crippen molar-refractivity contribution in [2.75, 3.05) is 13.2 Å². The van der Waals surface area contributed by atoms with E-state index in [4.69, 9.17) is 13.9 Å². The Bertz CT molecular complexity index is 405. The van der Waals surface area contributed by atoms with Crippen LogP contribution in [0.2, 0.25) is 18.6 Å². The van der Waals surface area contributed by atoms with Crippen molar-refractivity contribution in [3.05, 3.63) is 35.9 Å². The summed E-state index contributed by atoms with van der Waals surface area (Å²) < 4.78 is 16.6. The van der Waals surface area contributed by atoms with Crippen LogP contribution >= 0.6 is 0 Å². The molecule has 0 spiro atoms. The van der Waals surface area contributed by atoms with Crippen LogP contribution in [0.3, 0.4) is 0 Å². The molecule has 0 N–H and O–H groups in total. The van der Waals surface area contributed by atoms with Crippen LogP contribution in [-0.4, -0.2) is 27.4 Å². The molecule has 2 unspecified atom stereocenters. The van der Waals surface area contributed by atoms with Crippen molar-refractivity contribution in [1.29, 1.82) is 0 Å². The van der Waals surface area contributed by atoms with Gasteiger partial charge in [-0.3, -0.25) is 0 Å². The summed E-state index contributed by atoms with van der Waals surface area (Å²) in [5, 5.41) is 0. The zero-order chi connectivity index (χ0) is 14.4. The van der Waals surface area contributed by atoms with Crippen LogP contribution in [0.25, 0.3) is 0 Å². The summed E-state index contributed by atoms with van der Waals surface area (Å²) in [6.45, 7) is 8.52. The van der Waals surface area contributed by atoms with E-state index in [1.807, 2.05) is 12.1 Å². The van der Waals surface area contributed by atoms with Gasteiger partial charge in [-0.1, -0.05) is 44.3 Å². The molecule has 1 aromatic rings. The molecule has 0 aliphatic carbocycles. The number of furan rings is 1. The molecule has 0 bridgehead atoms. The Kier molecular flexibility index (Phi) is 5.63. The second-order valence-corrected chi connectivity index (χ2v) is 10.8. The van der Waals surface area contributed by atoms with Gasteiger partial charge in [-0.05, 0) is 18.6 Å². The van der Waals surface area contributed by atoms with Crippen molar-refractivity contribution in [3.8, 4) is 0 Å². The van der Waals surface area contributed by atoms with Crippen molar-refractivity contribution in [2.45, 2.75) is 51.1 Å². The molecule has 2 atom stereocenters. The molecule has 0 aromatic carbocycles. The lowest BCUT2D eigenvalue weighted by molar-refractivity contribution is 0.0301. The second-order valence-electron chi connectivity index (χ2n) is 5.79. The Morgan fingerprint density at radius 3 is 2.75 bits per heavy atom. The molecule has 4 heteroatoms. The zero-order valence-electron chi connectivity index (χ0n) is 12.8. The van der Waals surface area contributed by atoms with Gasteiger partial charge in [0.1, 0.15) is 18.0 Å². The van der Waals surface area contributed by atoms with E-state index in [1.165, 1.54) is 12.1 Å². The van der Waals surface area contributed by atoms with E-state index in [-0.39, 0.29) is 6.10 Å². The van der Waals surface area contributed by atoms with E-state index in [2.05, 4.69) is 32.2 Å². The summed E-state index contributed by atoms with van der Waals surface area (Å²) in [5.74, 6) is 0.909. The summed E-state index contributed by atoms with van der Waals surface area (Å²) in [5.41, 5.74) is 2.46. The number of hydrogen-bond acceptors (Lipinski definition) is 3. The molecule has 2 rings (SSSR count).